The number of fused-ring (bicyclic) bond motifs is 1. The van der Waals surface area contributed by atoms with Gasteiger partial charge in [-0.25, -0.2) is 13.2 Å². The Morgan fingerprint density at radius 1 is 0.844 bits per heavy atom. The maximum atomic E-state index is 12.5. The van der Waals surface area contributed by atoms with Crippen LogP contribution in [-0.4, -0.2) is 24.3 Å². The molecule has 0 aliphatic carbocycles. The number of aromatic amines is 2. The third-order valence-electron chi connectivity index (χ3n) is 4.57. The molecule has 1 amide bonds. The maximum Gasteiger partial charge on any atom is 0.323 e. The standard InChI is InChI=1S/C21H16Cl2N4O4S/c22-16-7-6-15(11-17(16)23)32(30,31)27-13-3-1-12(2-4-13)9-20(28)24-14-5-8-18-19(10-14)26-21(29)25-18/h1-8,10-11,27H,9H2,(H,24,28)(H2,25,26,29). The minimum Gasteiger partial charge on any atom is -0.326 e. The number of rotatable bonds is 6. The van der Waals surface area contributed by atoms with Gasteiger partial charge in [0.25, 0.3) is 10.0 Å². The summed E-state index contributed by atoms with van der Waals surface area (Å²) in [4.78, 5) is 28.9. The fourth-order valence-electron chi connectivity index (χ4n) is 3.05. The highest BCUT2D eigenvalue weighted by Crippen LogP contribution is 2.26. The number of halogens is 2. The molecule has 1 heterocycles. The van der Waals surface area contributed by atoms with Crippen molar-refractivity contribution in [3.05, 3.63) is 86.8 Å². The second-order valence-electron chi connectivity index (χ2n) is 6.94. The Hall–Kier alpha value is -3.27. The molecule has 4 N–H and O–H groups in total. The van der Waals surface area contributed by atoms with Crippen LogP contribution >= 0.6 is 23.2 Å². The lowest BCUT2D eigenvalue weighted by Crippen LogP contribution is -2.15. The minimum atomic E-state index is -3.85. The first-order valence-electron chi connectivity index (χ1n) is 9.28. The van der Waals surface area contributed by atoms with Crippen LogP contribution in [0.5, 0.6) is 0 Å². The van der Waals surface area contributed by atoms with Gasteiger partial charge >= 0.3 is 5.69 Å². The Balaban J connectivity index is 1.40. The zero-order valence-electron chi connectivity index (χ0n) is 16.3. The van der Waals surface area contributed by atoms with Crippen LogP contribution in [0.25, 0.3) is 11.0 Å². The van der Waals surface area contributed by atoms with Gasteiger partial charge in [-0.3, -0.25) is 9.52 Å². The van der Waals surface area contributed by atoms with E-state index in [4.69, 9.17) is 23.2 Å². The van der Waals surface area contributed by atoms with E-state index in [1.807, 2.05) is 0 Å². The minimum absolute atomic E-state index is 0.0175. The molecule has 4 rings (SSSR count). The molecule has 0 unspecified atom stereocenters. The summed E-state index contributed by atoms with van der Waals surface area (Å²) in [5.41, 5.74) is 2.48. The number of hydrogen-bond acceptors (Lipinski definition) is 4. The predicted molar refractivity (Wildman–Crippen MR) is 125 cm³/mol. The Kier molecular flexibility index (Phi) is 5.96. The highest BCUT2D eigenvalue weighted by molar-refractivity contribution is 7.92. The first kappa shape index (κ1) is 21.9. The van der Waals surface area contributed by atoms with E-state index in [0.29, 0.717) is 28.0 Å². The first-order valence-corrected chi connectivity index (χ1v) is 11.5. The van der Waals surface area contributed by atoms with Crippen LogP contribution in [0, 0.1) is 0 Å². The molecule has 0 saturated heterocycles. The van der Waals surface area contributed by atoms with E-state index < -0.39 is 10.0 Å². The lowest BCUT2D eigenvalue weighted by Gasteiger charge is -2.10. The Labute approximate surface area is 192 Å². The summed E-state index contributed by atoms with van der Waals surface area (Å²) in [7, 11) is -3.85. The van der Waals surface area contributed by atoms with Gasteiger partial charge in [0.15, 0.2) is 0 Å². The summed E-state index contributed by atoms with van der Waals surface area (Å²) in [6, 6.07) is 15.5. The van der Waals surface area contributed by atoms with Crippen molar-refractivity contribution in [2.45, 2.75) is 11.3 Å². The second-order valence-corrected chi connectivity index (χ2v) is 9.44. The Morgan fingerprint density at radius 3 is 2.25 bits per heavy atom. The van der Waals surface area contributed by atoms with Gasteiger partial charge in [0.05, 0.1) is 32.4 Å². The molecule has 8 nitrogen and oxygen atoms in total. The van der Waals surface area contributed by atoms with Crippen LogP contribution in [0.3, 0.4) is 0 Å². The van der Waals surface area contributed by atoms with Crippen molar-refractivity contribution in [1.82, 2.24) is 9.97 Å². The summed E-state index contributed by atoms with van der Waals surface area (Å²) >= 11 is 11.7. The fraction of sp³-hybridized carbons (Fsp3) is 0.0476. The topological polar surface area (TPSA) is 124 Å². The number of carbonyl (C=O) groups excluding carboxylic acids is 1. The molecule has 0 radical (unpaired) electrons. The number of aromatic nitrogens is 2. The van der Waals surface area contributed by atoms with E-state index in [1.165, 1.54) is 18.2 Å². The first-order chi connectivity index (χ1) is 15.2. The molecule has 164 valence electrons. The van der Waals surface area contributed by atoms with Gasteiger partial charge < -0.3 is 15.3 Å². The summed E-state index contributed by atoms with van der Waals surface area (Å²) < 4.78 is 27.5. The highest BCUT2D eigenvalue weighted by Gasteiger charge is 2.16. The highest BCUT2D eigenvalue weighted by atomic mass is 35.5. The number of amides is 1. The molecule has 11 heteroatoms. The fourth-order valence-corrected chi connectivity index (χ4v) is 4.50. The van der Waals surface area contributed by atoms with Crippen molar-refractivity contribution in [2.75, 3.05) is 10.0 Å². The predicted octanol–water partition coefficient (Wildman–Crippen LogP) is 4.15. The van der Waals surface area contributed by atoms with E-state index in [0.717, 1.165) is 0 Å². The van der Waals surface area contributed by atoms with Gasteiger partial charge in [-0.05, 0) is 54.1 Å². The number of H-pyrrole nitrogens is 2. The molecule has 32 heavy (non-hydrogen) atoms. The number of nitrogens with one attached hydrogen (secondary N) is 4. The monoisotopic (exact) mass is 490 g/mol. The van der Waals surface area contributed by atoms with Crippen LogP contribution in [0.4, 0.5) is 11.4 Å². The molecular weight excluding hydrogens is 475 g/mol. The quantitative estimate of drug-likeness (QED) is 0.324. The van der Waals surface area contributed by atoms with E-state index in [9.17, 15) is 18.0 Å². The molecule has 4 aromatic rings. The van der Waals surface area contributed by atoms with Gasteiger partial charge in [-0.1, -0.05) is 35.3 Å². The maximum absolute atomic E-state index is 12.5. The summed E-state index contributed by atoms with van der Waals surface area (Å²) in [6.45, 7) is 0. The SMILES string of the molecule is O=C(Cc1ccc(NS(=O)(=O)c2ccc(Cl)c(Cl)c2)cc1)Nc1ccc2[nH]c(=O)[nH]c2c1. The molecule has 0 atom stereocenters. The number of carbonyl (C=O) groups is 1. The van der Waals surface area contributed by atoms with Crippen LogP contribution in [0.15, 0.2) is 70.4 Å². The number of anilines is 2. The van der Waals surface area contributed by atoms with Crippen molar-refractivity contribution < 1.29 is 13.2 Å². The molecular formula is C21H16Cl2N4O4S. The van der Waals surface area contributed by atoms with Crippen LogP contribution < -0.4 is 15.7 Å². The molecule has 0 saturated carbocycles. The lowest BCUT2D eigenvalue weighted by atomic mass is 10.1. The van der Waals surface area contributed by atoms with Crippen LogP contribution in [0.1, 0.15) is 5.56 Å². The lowest BCUT2D eigenvalue weighted by molar-refractivity contribution is -0.115. The number of imidazole rings is 1. The average molecular weight is 491 g/mol. The molecule has 0 aliphatic rings. The molecule has 0 aliphatic heterocycles. The average Bonchev–Trinajstić information content (AvgIpc) is 3.10. The zero-order chi connectivity index (χ0) is 22.9. The van der Waals surface area contributed by atoms with E-state index in [-0.39, 0.29) is 33.0 Å². The van der Waals surface area contributed by atoms with Crippen molar-refractivity contribution in [3.63, 3.8) is 0 Å². The summed E-state index contributed by atoms with van der Waals surface area (Å²) in [6.07, 6.45) is 0.0848. The summed E-state index contributed by atoms with van der Waals surface area (Å²) in [5.74, 6) is -0.258. The Morgan fingerprint density at radius 2 is 1.53 bits per heavy atom. The van der Waals surface area contributed by atoms with Crippen LogP contribution in [-0.2, 0) is 21.2 Å². The van der Waals surface area contributed by atoms with E-state index in [2.05, 4.69) is 20.0 Å². The molecule has 0 fully saturated rings. The van der Waals surface area contributed by atoms with Gasteiger partial charge in [-0.15, -0.1) is 0 Å². The van der Waals surface area contributed by atoms with Crippen molar-refractivity contribution >= 4 is 61.5 Å². The third-order valence-corrected chi connectivity index (χ3v) is 6.69. The number of hydrogen-bond donors (Lipinski definition) is 4. The molecule has 0 bridgehead atoms. The van der Waals surface area contributed by atoms with Gasteiger partial charge in [0.1, 0.15) is 0 Å². The molecule has 0 spiro atoms. The van der Waals surface area contributed by atoms with Crippen molar-refractivity contribution in [3.8, 4) is 0 Å². The van der Waals surface area contributed by atoms with Crippen molar-refractivity contribution in [2.24, 2.45) is 0 Å². The van der Waals surface area contributed by atoms with E-state index in [1.54, 1.807) is 42.5 Å². The largest absolute Gasteiger partial charge is 0.326 e. The molecule has 1 aromatic heterocycles. The van der Waals surface area contributed by atoms with Gasteiger partial charge in [0.2, 0.25) is 5.91 Å². The third kappa shape index (κ3) is 4.96. The van der Waals surface area contributed by atoms with Gasteiger partial charge in [-0.2, -0.15) is 0 Å². The summed E-state index contributed by atoms with van der Waals surface area (Å²) in [5, 5.41) is 3.16. The number of sulfonamides is 1. The molecule has 3 aromatic carbocycles. The normalized spacial score (nSPS) is 11.4. The zero-order valence-corrected chi connectivity index (χ0v) is 18.6. The Bertz CT molecular complexity index is 1480. The van der Waals surface area contributed by atoms with Crippen molar-refractivity contribution in [1.29, 1.82) is 0 Å². The van der Waals surface area contributed by atoms with E-state index >= 15 is 0 Å². The van der Waals surface area contributed by atoms with Crippen LogP contribution in [0.2, 0.25) is 10.0 Å². The smallest absolute Gasteiger partial charge is 0.323 e. The number of benzene rings is 3. The van der Waals surface area contributed by atoms with Gasteiger partial charge in [0, 0.05) is 11.4 Å². The second kappa shape index (κ2) is 8.70.